The molecule has 0 radical (unpaired) electrons. The molecule has 0 aromatic heterocycles. The third kappa shape index (κ3) is 2.09. The van der Waals surface area contributed by atoms with E-state index >= 15 is 0 Å². The SMILES string of the molecule is O=C1CCN(c2ccc3c(c2)OC[C@H]2C=NCCN32)C(=O)N1. The second kappa shape index (κ2) is 5.01. The van der Waals surface area contributed by atoms with Crippen LogP contribution in [0.5, 0.6) is 5.75 Å². The van der Waals surface area contributed by atoms with Crippen LogP contribution in [0.3, 0.4) is 0 Å². The number of benzene rings is 1. The summed E-state index contributed by atoms with van der Waals surface area (Å²) in [6.07, 6.45) is 2.25. The molecule has 3 aliphatic rings. The highest BCUT2D eigenvalue weighted by atomic mass is 16.5. The van der Waals surface area contributed by atoms with Crippen molar-refractivity contribution < 1.29 is 14.3 Å². The molecule has 7 heteroatoms. The first-order valence-corrected chi connectivity index (χ1v) is 7.37. The second-order valence-corrected chi connectivity index (χ2v) is 5.53. The van der Waals surface area contributed by atoms with Gasteiger partial charge in [-0.25, -0.2) is 4.79 Å². The van der Waals surface area contributed by atoms with Crippen LogP contribution in [0.1, 0.15) is 6.42 Å². The van der Waals surface area contributed by atoms with Gasteiger partial charge in [-0.05, 0) is 12.1 Å². The number of amides is 3. The monoisotopic (exact) mass is 300 g/mol. The maximum absolute atomic E-state index is 11.9. The summed E-state index contributed by atoms with van der Waals surface area (Å²) in [6.45, 7) is 2.61. The zero-order valence-electron chi connectivity index (χ0n) is 12.0. The number of anilines is 2. The Morgan fingerprint density at radius 1 is 1.27 bits per heavy atom. The molecule has 4 rings (SSSR count). The van der Waals surface area contributed by atoms with Crippen LogP contribution < -0.4 is 19.9 Å². The summed E-state index contributed by atoms with van der Waals surface area (Å²) >= 11 is 0. The smallest absolute Gasteiger partial charge is 0.328 e. The zero-order valence-corrected chi connectivity index (χ0v) is 12.0. The predicted molar refractivity (Wildman–Crippen MR) is 81.9 cm³/mol. The first kappa shape index (κ1) is 13.1. The van der Waals surface area contributed by atoms with Crippen LogP contribution >= 0.6 is 0 Å². The van der Waals surface area contributed by atoms with Crippen molar-refractivity contribution in [1.82, 2.24) is 5.32 Å². The van der Waals surface area contributed by atoms with Gasteiger partial charge >= 0.3 is 6.03 Å². The Morgan fingerprint density at radius 3 is 3.05 bits per heavy atom. The van der Waals surface area contributed by atoms with Gasteiger partial charge in [0, 0.05) is 37.5 Å². The number of aliphatic imine (C=N–C) groups is 1. The molecule has 0 bridgehead atoms. The van der Waals surface area contributed by atoms with Crippen LogP contribution in [-0.2, 0) is 4.79 Å². The molecule has 114 valence electrons. The topological polar surface area (TPSA) is 74.2 Å². The Morgan fingerprint density at radius 2 is 2.18 bits per heavy atom. The molecular weight excluding hydrogens is 284 g/mol. The minimum Gasteiger partial charge on any atom is -0.489 e. The fourth-order valence-electron chi connectivity index (χ4n) is 3.05. The van der Waals surface area contributed by atoms with Gasteiger partial charge in [-0.15, -0.1) is 0 Å². The number of urea groups is 1. The fraction of sp³-hybridized carbons (Fsp3) is 0.400. The van der Waals surface area contributed by atoms with Crippen molar-refractivity contribution in [1.29, 1.82) is 0 Å². The number of hydrogen-bond donors (Lipinski definition) is 1. The van der Waals surface area contributed by atoms with Gasteiger partial charge in [0.2, 0.25) is 5.91 Å². The van der Waals surface area contributed by atoms with Gasteiger partial charge < -0.3 is 9.64 Å². The molecule has 0 spiro atoms. The number of nitrogens with one attached hydrogen (secondary N) is 1. The van der Waals surface area contributed by atoms with Crippen molar-refractivity contribution in [3.05, 3.63) is 18.2 Å². The number of ether oxygens (including phenoxy) is 1. The minimum atomic E-state index is -0.380. The summed E-state index contributed by atoms with van der Waals surface area (Å²) in [4.78, 5) is 31.3. The number of carbonyl (C=O) groups excluding carboxylic acids is 2. The molecule has 0 saturated carbocycles. The third-order valence-electron chi connectivity index (χ3n) is 4.18. The van der Waals surface area contributed by atoms with Gasteiger partial charge in [0.05, 0.1) is 18.3 Å². The molecule has 1 saturated heterocycles. The lowest BCUT2D eigenvalue weighted by Crippen LogP contribution is -2.50. The maximum Gasteiger partial charge on any atom is 0.328 e. The second-order valence-electron chi connectivity index (χ2n) is 5.53. The van der Waals surface area contributed by atoms with Gasteiger partial charge in [0.1, 0.15) is 12.4 Å². The van der Waals surface area contributed by atoms with Gasteiger partial charge in [-0.3, -0.25) is 20.0 Å². The van der Waals surface area contributed by atoms with Crippen LogP contribution in [0.25, 0.3) is 0 Å². The van der Waals surface area contributed by atoms with Crippen molar-refractivity contribution in [2.75, 3.05) is 36.0 Å². The van der Waals surface area contributed by atoms with Gasteiger partial charge in [-0.1, -0.05) is 0 Å². The minimum absolute atomic E-state index is 0.183. The summed E-state index contributed by atoms with van der Waals surface area (Å²) in [6, 6.07) is 5.54. The first-order valence-electron chi connectivity index (χ1n) is 7.37. The molecule has 22 heavy (non-hydrogen) atoms. The van der Waals surface area contributed by atoms with Crippen molar-refractivity contribution in [2.45, 2.75) is 12.5 Å². The van der Waals surface area contributed by atoms with Crippen molar-refractivity contribution in [3.63, 3.8) is 0 Å². The summed E-state index contributed by atoms with van der Waals surface area (Å²) in [5.74, 6) is 0.541. The van der Waals surface area contributed by atoms with E-state index in [0.717, 1.165) is 30.2 Å². The lowest BCUT2D eigenvalue weighted by atomic mass is 10.1. The average molecular weight is 300 g/mol. The molecule has 0 unspecified atom stereocenters. The molecule has 0 aliphatic carbocycles. The Labute approximate surface area is 127 Å². The van der Waals surface area contributed by atoms with Gasteiger partial charge in [0.15, 0.2) is 0 Å². The van der Waals surface area contributed by atoms with Crippen LogP contribution in [0.4, 0.5) is 16.2 Å². The highest BCUT2D eigenvalue weighted by Crippen LogP contribution is 2.37. The van der Waals surface area contributed by atoms with E-state index in [1.807, 2.05) is 24.4 Å². The number of rotatable bonds is 1. The van der Waals surface area contributed by atoms with Crippen molar-refractivity contribution in [3.8, 4) is 5.75 Å². The fourth-order valence-corrected chi connectivity index (χ4v) is 3.05. The molecular formula is C15H16N4O3. The van der Waals surface area contributed by atoms with Gasteiger partial charge in [-0.2, -0.15) is 0 Å². The van der Waals surface area contributed by atoms with E-state index in [9.17, 15) is 9.59 Å². The van der Waals surface area contributed by atoms with E-state index in [1.165, 1.54) is 0 Å². The van der Waals surface area contributed by atoms with E-state index < -0.39 is 0 Å². The van der Waals surface area contributed by atoms with Crippen molar-refractivity contribution >= 4 is 29.5 Å². The number of imide groups is 1. The van der Waals surface area contributed by atoms with E-state index in [-0.39, 0.29) is 18.0 Å². The van der Waals surface area contributed by atoms with Crippen LogP contribution in [-0.4, -0.2) is 50.4 Å². The quantitative estimate of drug-likeness (QED) is 0.832. The van der Waals surface area contributed by atoms with E-state index in [2.05, 4.69) is 15.2 Å². The Hall–Kier alpha value is -2.57. The highest BCUT2D eigenvalue weighted by Gasteiger charge is 2.30. The molecule has 1 atom stereocenters. The van der Waals surface area contributed by atoms with Crippen LogP contribution in [0.2, 0.25) is 0 Å². The first-order chi connectivity index (χ1) is 10.7. The summed E-state index contributed by atoms with van der Waals surface area (Å²) in [5.41, 5.74) is 1.77. The number of hydrogen-bond acceptors (Lipinski definition) is 5. The Kier molecular flexibility index (Phi) is 2.99. The van der Waals surface area contributed by atoms with E-state index in [0.29, 0.717) is 19.6 Å². The van der Waals surface area contributed by atoms with Crippen LogP contribution in [0, 0.1) is 0 Å². The number of carbonyl (C=O) groups is 2. The average Bonchev–Trinajstić information content (AvgIpc) is 2.54. The molecule has 1 aromatic carbocycles. The van der Waals surface area contributed by atoms with E-state index in [1.54, 1.807) is 4.90 Å². The van der Waals surface area contributed by atoms with Crippen molar-refractivity contribution in [2.24, 2.45) is 4.99 Å². The molecule has 3 heterocycles. The van der Waals surface area contributed by atoms with Crippen LogP contribution in [0.15, 0.2) is 23.2 Å². The van der Waals surface area contributed by atoms with Gasteiger partial charge in [0.25, 0.3) is 0 Å². The largest absolute Gasteiger partial charge is 0.489 e. The lowest BCUT2D eigenvalue weighted by molar-refractivity contribution is -0.120. The zero-order chi connectivity index (χ0) is 15.1. The lowest BCUT2D eigenvalue weighted by Gasteiger charge is -2.39. The summed E-state index contributed by atoms with van der Waals surface area (Å²) < 4.78 is 5.82. The van der Waals surface area contributed by atoms with E-state index in [4.69, 9.17) is 4.74 Å². The highest BCUT2D eigenvalue weighted by molar-refractivity contribution is 6.05. The predicted octanol–water partition coefficient (Wildman–Crippen LogP) is 0.785. The third-order valence-corrected chi connectivity index (χ3v) is 4.18. The molecule has 1 aromatic rings. The molecule has 7 nitrogen and oxygen atoms in total. The molecule has 1 fully saturated rings. The molecule has 1 N–H and O–H groups in total. The molecule has 3 amide bonds. The summed E-state index contributed by atoms with van der Waals surface area (Å²) in [5, 5.41) is 2.33. The maximum atomic E-state index is 11.9. The number of nitrogens with zero attached hydrogens (tertiary/aromatic N) is 3. The normalized spacial score (nSPS) is 23.5. The Balaban J connectivity index is 1.64. The summed E-state index contributed by atoms with van der Waals surface area (Å²) in [7, 11) is 0. The number of fused-ring (bicyclic) bond motifs is 3. The standard InChI is InChI=1S/C15H16N4O3/c20-14-3-5-19(15(21)17-14)10-1-2-12-13(7-10)22-9-11-8-16-4-6-18(11)12/h1-2,7-8,11H,3-6,9H2,(H,17,20,21)/t11-/m1/s1. The Bertz CT molecular complexity index is 673. The molecule has 3 aliphatic heterocycles.